The van der Waals surface area contributed by atoms with Gasteiger partial charge in [-0.1, -0.05) is 19.1 Å². The van der Waals surface area contributed by atoms with Gasteiger partial charge in [0.15, 0.2) is 0 Å². The van der Waals surface area contributed by atoms with E-state index in [0.29, 0.717) is 6.61 Å². The van der Waals surface area contributed by atoms with Gasteiger partial charge < -0.3 is 9.47 Å². The van der Waals surface area contributed by atoms with Crippen LogP contribution >= 0.6 is 0 Å². The molecule has 1 atom stereocenters. The van der Waals surface area contributed by atoms with Gasteiger partial charge >= 0.3 is 0 Å². The molecule has 0 aliphatic heterocycles. The van der Waals surface area contributed by atoms with Gasteiger partial charge in [0.05, 0.1) is 18.8 Å². The minimum absolute atomic E-state index is 0.00716. The molecule has 0 aliphatic rings. The van der Waals surface area contributed by atoms with Gasteiger partial charge in [-0.15, -0.1) is 0 Å². The first-order chi connectivity index (χ1) is 8.67. The predicted octanol–water partition coefficient (Wildman–Crippen LogP) is 2.40. The molecule has 4 heteroatoms. The second kappa shape index (κ2) is 8.08. The maximum atomic E-state index is 5.67. The molecule has 0 heterocycles. The van der Waals surface area contributed by atoms with Crippen LogP contribution < -0.4 is 16.0 Å². The number of rotatable bonds is 8. The summed E-state index contributed by atoms with van der Waals surface area (Å²) in [5, 5.41) is 0. The Labute approximate surface area is 109 Å². The maximum Gasteiger partial charge on any atom is 0.120 e. The van der Waals surface area contributed by atoms with Crippen molar-refractivity contribution in [2.45, 2.75) is 39.3 Å². The number of ether oxygens (including phenoxy) is 2. The molecule has 4 nitrogen and oxygen atoms in total. The Kier molecular flexibility index (Phi) is 6.72. The van der Waals surface area contributed by atoms with E-state index in [0.717, 1.165) is 24.3 Å². The third-order valence-corrected chi connectivity index (χ3v) is 2.47. The first-order valence-corrected chi connectivity index (χ1v) is 6.47. The standard InChI is InChI=1S/C14H24N2O2/c1-4-8-17-10-14(16-15)12-6-5-7-13(9-12)18-11(2)3/h5-7,9,11,14,16H,4,8,10,15H2,1-3H3. The molecule has 0 amide bonds. The Balaban J connectivity index is 2.66. The molecule has 0 saturated heterocycles. The zero-order chi connectivity index (χ0) is 13.4. The summed E-state index contributed by atoms with van der Waals surface area (Å²) >= 11 is 0. The predicted molar refractivity (Wildman–Crippen MR) is 73.4 cm³/mol. The van der Waals surface area contributed by atoms with Crippen LogP contribution in [0, 0.1) is 0 Å². The molecule has 1 rings (SSSR count). The van der Waals surface area contributed by atoms with Crippen molar-refractivity contribution in [1.29, 1.82) is 0 Å². The molecule has 1 unspecified atom stereocenters. The number of hydrazine groups is 1. The number of nitrogens with one attached hydrogen (secondary N) is 1. The zero-order valence-electron chi connectivity index (χ0n) is 11.5. The van der Waals surface area contributed by atoms with Gasteiger partial charge in [0.2, 0.25) is 0 Å². The highest BCUT2D eigenvalue weighted by atomic mass is 16.5. The summed E-state index contributed by atoms with van der Waals surface area (Å²) in [5.74, 6) is 6.43. The number of benzene rings is 1. The summed E-state index contributed by atoms with van der Waals surface area (Å²) in [5.41, 5.74) is 3.85. The Morgan fingerprint density at radius 2 is 2.11 bits per heavy atom. The fraction of sp³-hybridized carbons (Fsp3) is 0.571. The average Bonchev–Trinajstić information content (AvgIpc) is 2.34. The van der Waals surface area contributed by atoms with Crippen molar-refractivity contribution in [3.05, 3.63) is 29.8 Å². The van der Waals surface area contributed by atoms with Gasteiger partial charge in [-0.05, 0) is 38.0 Å². The molecule has 18 heavy (non-hydrogen) atoms. The number of hydrogen-bond acceptors (Lipinski definition) is 4. The van der Waals surface area contributed by atoms with Crippen molar-refractivity contribution in [3.8, 4) is 5.75 Å². The lowest BCUT2D eigenvalue weighted by molar-refractivity contribution is 0.112. The molecule has 0 fully saturated rings. The lowest BCUT2D eigenvalue weighted by Gasteiger charge is -2.18. The van der Waals surface area contributed by atoms with Crippen molar-refractivity contribution >= 4 is 0 Å². The molecule has 0 aromatic heterocycles. The van der Waals surface area contributed by atoms with Gasteiger partial charge in [-0.25, -0.2) is 0 Å². The molecular formula is C14H24N2O2. The Hall–Kier alpha value is -1.10. The van der Waals surface area contributed by atoms with Crippen molar-refractivity contribution in [3.63, 3.8) is 0 Å². The Morgan fingerprint density at radius 3 is 2.72 bits per heavy atom. The van der Waals surface area contributed by atoms with Gasteiger partial charge in [-0.3, -0.25) is 11.3 Å². The minimum Gasteiger partial charge on any atom is -0.491 e. The van der Waals surface area contributed by atoms with Crippen LogP contribution in [0.2, 0.25) is 0 Å². The summed E-state index contributed by atoms with van der Waals surface area (Å²) in [6.07, 6.45) is 1.18. The molecule has 3 N–H and O–H groups in total. The molecule has 1 aromatic rings. The van der Waals surface area contributed by atoms with E-state index in [9.17, 15) is 0 Å². The quantitative estimate of drug-likeness (QED) is 0.424. The Bertz CT molecular complexity index is 342. The maximum absolute atomic E-state index is 5.67. The van der Waals surface area contributed by atoms with E-state index in [-0.39, 0.29) is 12.1 Å². The molecular weight excluding hydrogens is 228 g/mol. The molecule has 0 saturated carbocycles. The first kappa shape index (κ1) is 15.0. The topological polar surface area (TPSA) is 56.5 Å². The lowest BCUT2D eigenvalue weighted by atomic mass is 10.1. The van der Waals surface area contributed by atoms with E-state index in [2.05, 4.69) is 12.3 Å². The molecule has 0 radical (unpaired) electrons. The van der Waals surface area contributed by atoms with Crippen LogP contribution in [0.1, 0.15) is 38.8 Å². The summed E-state index contributed by atoms with van der Waals surface area (Å²) in [4.78, 5) is 0. The summed E-state index contributed by atoms with van der Waals surface area (Å²) in [6, 6.07) is 7.93. The molecule has 0 aliphatic carbocycles. The van der Waals surface area contributed by atoms with Crippen LogP contribution in [0.4, 0.5) is 0 Å². The summed E-state index contributed by atoms with van der Waals surface area (Å²) in [6.45, 7) is 7.42. The van der Waals surface area contributed by atoms with Crippen molar-refractivity contribution in [1.82, 2.24) is 5.43 Å². The fourth-order valence-electron chi connectivity index (χ4n) is 1.66. The summed E-state index contributed by atoms with van der Waals surface area (Å²) < 4.78 is 11.2. The van der Waals surface area contributed by atoms with E-state index in [4.69, 9.17) is 15.3 Å². The molecule has 0 spiro atoms. The first-order valence-electron chi connectivity index (χ1n) is 6.47. The highest BCUT2D eigenvalue weighted by molar-refractivity contribution is 5.30. The van der Waals surface area contributed by atoms with Gasteiger partial charge in [0.1, 0.15) is 5.75 Å². The number of nitrogens with two attached hydrogens (primary N) is 1. The third kappa shape index (κ3) is 5.04. The molecule has 102 valence electrons. The second-order valence-electron chi connectivity index (χ2n) is 4.53. The van der Waals surface area contributed by atoms with Crippen LogP contribution in [0.25, 0.3) is 0 Å². The van der Waals surface area contributed by atoms with Crippen molar-refractivity contribution in [2.75, 3.05) is 13.2 Å². The van der Waals surface area contributed by atoms with Crippen LogP contribution in [-0.4, -0.2) is 19.3 Å². The third-order valence-electron chi connectivity index (χ3n) is 2.47. The van der Waals surface area contributed by atoms with Crippen molar-refractivity contribution in [2.24, 2.45) is 5.84 Å². The highest BCUT2D eigenvalue weighted by Gasteiger charge is 2.10. The van der Waals surface area contributed by atoms with Gasteiger partial charge in [0.25, 0.3) is 0 Å². The number of hydrogen-bond donors (Lipinski definition) is 2. The smallest absolute Gasteiger partial charge is 0.120 e. The van der Waals surface area contributed by atoms with Crippen LogP contribution in [0.5, 0.6) is 5.75 Å². The average molecular weight is 252 g/mol. The van der Waals surface area contributed by atoms with E-state index in [1.165, 1.54) is 0 Å². The summed E-state index contributed by atoms with van der Waals surface area (Å²) in [7, 11) is 0. The Morgan fingerprint density at radius 1 is 1.33 bits per heavy atom. The largest absolute Gasteiger partial charge is 0.491 e. The second-order valence-corrected chi connectivity index (χ2v) is 4.53. The normalized spacial score (nSPS) is 12.7. The van der Waals surface area contributed by atoms with E-state index >= 15 is 0 Å². The van der Waals surface area contributed by atoms with Crippen LogP contribution in [-0.2, 0) is 4.74 Å². The SMILES string of the molecule is CCCOCC(NN)c1cccc(OC(C)C)c1. The minimum atomic E-state index is -0.00716. The van der Waals surface area contributed by atoms with E-state index < -0.39 is 0 Å². The fourth-order valence-corrected chi connectivity index (χ4v) is 1.66. The van der Waals surface area contributed by atoms with Gasteiger partial charge in [-0.2, -0.15) is 0 Å². The van der Waals surface area contributed by atoms with E-state index in [1.807, 2.05) is 38.1 Å². The van der Waals surface area contributed by atoms with Crippen molar-refractivity contribution < 1.29 is 9.47 Å². The van der Waals surface area contributed by atoms with Crippen LogP contribution in [0.15, 0.2) is 24.3 Å². The molecule has 1 aromatic carbocycles. The van der Waals surface area contributed by atoms with E-state index in [1.54, 1.807) is 0 Å². The molecule has 0 bridgehead atoms. The zero-order valence-corrected chi connectivity index (χ0v) is 11.5. The lowest BCUT2D eigenvalue weighted by Crippen LogP contribution is -2.31. The van der Waals surface area contributed by atoms with Crippen LogP contribution in [0.3, 0.4) is 0 Å². The monoisotopic (exact) mass is 252 g/mol. The van der Waals surface area contributed by atoms with Gasteiger partial charge in [0, 0.05) is 6.61 Å². The highest BCUT2D eigenvalue weighted by Crippen LogP contribution is 2.20.